The van der Waals surface area contributed by atoms with Crippen LogP contribution in [0.5, 0.6) is 0 Å². The van der Waals surface area contributed by atoms with E-state index in [2.05, 4.69) is 5.32 Å². The summed E-state index contributed by atoms with van der Waals surface area (Å²) in [5.41, 5.74) is 9.34. The lowest BCUT2D eigenvalue weighted by atomic mass is 9.77. The second-order valence-electron chi connectivity index (χ2n) is 5.38. The van der Waals surface area contributed by atoms with E-state index in [4.69, 9.17) is 5.73 Å². The Morgan fingerprint density at radius 1 is 1.24 bits per heavy atom. The third-order valence-electron chi connectivity index (χ3n) is 3.96. The number of anilines is 1. The van der Waals surface area contributed by atoms with Gasteiger partial charge in [0.1, 0.15) is 0 Å². The Labute approximate surface area is 123 Å². The molecule has 4 N–H and O–H groups in total. The largest absolute Gasteiger partial charge is 0.399 e. The predicted molar refractivity (Wildman–Crippen MR) is 81.7 cm³/mol. The zero-order valence-electron chi connectivity index (χ0n) is 11.6. The molecular formula is C17H18N2O2. The molecule has 0 heterocycles. The summed E-state index contributed by atoms with van der Waals surface area (Å²) in [4.78, 5) is 12.1. The molecule has 3 rings (SSSR count). The van der Waals surface area contributed by atoms with Crippen molar-refractivity contribution in [1.82, 2.24) is 5.32 Å². The maximum Gasteiger partial charge on any atom is 0.227 e. The first-order valence-electron chi connectivity index (χ1n) is 7.04. The average molecular weight is 282 g/mol. The number of hydrogen-bond acceptors (Lipinski definition) is 3. The van der Waals surface area contributed by atoms with Gasteiger partial charge in [-0.1, -0.05) is 36.4 Å². The first kappa shape index (κ1) is 13.6. The molecule has 0 fully saturated rings. The number of aliphatic hydroxyl groups is 1. The molecule has 2 atom stereocenters. The lowest BCUT2D eigenvalue weighted by Crippen LogP contribution is -2.37. The van der Waals surface area contributed by atoms with Crippen molar-refractivity contribution in [2.24, 2.45) is 0 Å². The SMILES string of the molecule is Nc1ccc(C(O)CNC(=O)C2Cc3ccccc32)cc1. The summed E-state index contributed by atoms with van der Waals surface area (Å²) in [6, 6.07) is 15.0. The van der Waals surface area contributed by atoms with Crippen molar-refractivity contribution < 1.29 is 9.90 Å². The van der Waals surface area contributed by atoms with Crippen LogP contribution >= 0.6 is 0 Å². The highest BCUT2D eigenvalue weighted by molar-refractivity contribution is 5.86. The van der Waals surface area contributed by atoms with Gasteiger partial charge in [0.15, 0.2) is 0 Å². The molecule has 21 heavy (non-hydrogen) atoms. The molecule has 0 bridgehead atoms. The number of nitrogens with one attached hydrogen (secondary N) is 1. The second-order valence-corrected chi connectivity index (χ2v) is 5.38. The van der Waals surface area contributed by atoms with Crippen molar-refractivity contribution in [1.29, 1.82) is 0 Å². The lowest BCUT2D eigenvalue weighted by molar-refractivity contribution is -0.123. The number of rotatable bonds is 4. The molecule has 4 nitrogen and oxygen atoms in total. The third kappa shape index (κ3) is 2.76. The van der Waals surface area contributed by atoms with Gasteiger partial charge in [-0.15, -0.1) is 0 Å². The fraction of sp³-hybridized carbons (Fsp3) is 0.235. The number of fused-ring (bicyclic) bond motifs is 1. The first-order valence-corrected chi connectivity index (χ1v) is 7.04. The maximum atomic E-state index is 12.1. The molecular weight excluding hydrogens is 264 g/mol. The van der Waals surface area contributed by atoms with E-state index in [9.17, 15) is 9.90 Å². The minimum Gasteiger partial charge on any atom is -0.399 e. The zero-order chi connectivity index (χ0) is 14.8. The monoisotopic (exact) mass is 282 g/mol. The van der Waals surface area contributed by atoms with E-state index in [0.717, 1.165) is 17.5 Å². The second kappa shape index (κ2) is 5.58. The maximum absolute atomic E-state index is 12.1. The van der Waals surface area contributed by atoms with Crippen molar-refractivity contribution in [2.45, 2.75) is 18.4 Å². The number of aliphatic hydroxyl groups excluding tert-OH is 1. The molecule has 1 aliphatic rings. The van der Waals surface area contributed by atoms with Crippen LogP contribution in [0.15, 0.2) is 48.5 Å². The molecule has 0 saturated carbocycles. The molecule has 0 radical (unpaired) electrons. The molecule has 1 aliphatic carbocycles. The van der Waals surface area contributed by atoms with Crippen LogP contribution in [0.2, 0.25) is 0 Å². The first-order chi connectivity index (χ1) is 10.1. The van der Waals surface area contributed by atoms with Crippen molar-refractivity contribution in [3.8, 4) is 0 Å². The smallest absolute Gasteiger partial charge is 0.227 e. The Balaban J connectivity index is 1.56. The molecule has 0 aromatic heterocycles. The Bertz CT molecular complexity index is 652. The number of carbonyl (C=O) groups excluding carboxylic acids is 1. The van der Waals surface area contributed by atoms with Gasteiger partial charge in [0.2, 0.25) is 5.91 Å². The van der Waals surface area contributed by atoms with Gasteiger partial charge in [-0.3, -0.25) is 4.79 Å². The topological polar surface area (TPSA) is 75.3 Å². The van der Waals surface area contributed by atoms with Crippen LogP contribution in [0.4, 0.5) is 5.69 Å². The van der Waals surface area contributed by atoms with E-state index in [0.29, 0.717) is 5.69 Å². The number of nitrogen functional groups attached to an aromatic ring is 1. The summed E-state index contributed by atoms with van der Waals surface area (Å²) >= 11 is 0. The summed E-state index contributed by atoms with van der Waals surface area (Å²) in [5.74, 6) is -0.108. The van der Waals surface area contributed by atoms with E-state index in [1.807, 2.05) is 24.3 Å². The van der Waals surface area contributed by atoms with Gasteiger partial charge in [-0.2, -0.15) is 0 Å². The lowest BCUT2D eigenvalue weighted by Gasteiger charge is -2.29. The summed E-state index contributed by atoms with van der Waals surface area (Å²) in [7, 11) is 0. The van der Waals surface area contributed by atoms with E-state index in [1.165, 1.54) is 5.56 Å². The Hall–Kier alpha value is -2.33. The molecule has 0 spiro atoms. The summed E-state index contributed by atoms with van der Waals surface area (Å²) in [6.45, 7) is 0.210. The van der Waals surface area contributed by atoms with Gasteiger partial charge in [0.05, 0.1) is 12.0 Å². The van der Waals surface area contributed by atoms with Crippen LogP contribution in [0, 0.1) is 0 Å². The van der Waals surface area contributed by atoms with Crippen molar-refractivity contribution >= 4 is 11.6 Å². The molecule has 2 unspecified atom stereocenters. The normalized spacial score (nSPS) is 17.5. The summed E-state index contributed by atoms with van der Waals surface area (Å²) in [6.07, 6.45) is 0.0600. The molecule has 0 aliphatic heterocycles. The number of amides is 1. The fourth-order valence-corrected chi connectivity index (χ4v) is 2.65. The van der Waals surface area contributed by atoms with Crippen molar-refractivity contribution in [3.05, 3.63) is 65.2 Å². The van der Waals surface area contributed by atoms with Crippen LogP contribution in [0.1, 0.15) is 28.7 Å². The molecule has 2 aromatic carbocycles. The molecule has 4 heteroatoms. The van der Waals surface area contributed by atoms with Crippen LogP contribution in [0.25, 0.3) is 0 Å². The van der Waals surface area contributed by atoms with Crippen LogP contribution in [0.3, 0.4) is 0 Å². The van der Waals surface area contributed by atoms with E-state index in [1.54, 1.807) is 24.3 Å². The van der Waals surface area contributed by atoms with Gasteiger partial charge in [0.25, 0.3) is 0 Å². The Morgan fingerprint density at radius 2 is 1.95 bits per heavy atom. The van der Waals surface area contributed by atoms with E-state index in [-0.39, 0.29) is 18.4 Å². The molecule has 0 saturated heterocycles. The molecule has 2 aromatic rings. The fourth-order valence-electron chi connectivity index (χ4n) is 2.65. The summed E-state index contributed by atoms with van der Waals surface area (Å²) < 4.78 is 0. The minimum atomic E-state index is -0.718. The van der Waals surface area contributed by atoms with Crippen LogP contribution in [-0.4, -0.2) is 17.6 Å². The van der Waals surface area contributed by atoms with Crippen molar-refractivity contribution in [2.75, 3.05) is 12.3 Å². The number of nitrogens with two attached hydrogens (primary N) is 1. The quantitative estimate of drug-likeness (QED) is 0.748. The van der Waals surface area contributed by atoms with Crippen molar-refractivity contribution in [3.63, 3.8) is 0 Å². The van der Waals surface area contributed by atoms with Gasteiger partial charge in [-0.05, 0) is 35.2 Å². The average Bonchev–Trinajstić information content (AvgIpc) is 2.47. The van der Waals surface area contributed by atoms with E-state index < -0.39 is 6.10 Å². The zero-order valence-corrected chi connectivity index (χ0v) is 11.6. The van der Waals surface area contributed by atoms with Gasteiger partial charge in [-0.25, -0.2) is 0 Å². The minimum absolute atomic E-state index is 0.0248. The summed E-state index contributed by atoms with van der Waals surface area (Å²) in [5, 5.41) is 12.9. The Kier molecular flexibility index (Phi) is 3.62. The highest BCUT2D eigenvalue weighted by Crippen LogP contribution is 2.34. The van der Waals surface area contributed by atoms with Gasteiger partial charge >= 0.3 is 0 Å². The highest BCUT2D eigenvalue weighted by Gasteiger charge is 2.31. The van der Waals surface area contributed by atoms with E-state index >= 15 is 0 Å². The molecule has 108 valence electrons. The predicted octanol–water partition coefficient (Wildman–Crippen LogP) is 1.76. The van der Waals surface area contributed by atoms with Crippen LogP contribution in [-0.2, 0) is 11.2 Å². The highest BCUT2D eigenvalue weighted by atomic mass is 16.3. The Morgan fingerprint density at radius 3 is 2.67 bits per heavy atom. The standard InChI is InChI=1S/C17H18N2O2/c18-13-7-5-11(6-8-13)16(20)10-19-17(21)15-9-12-3-1-2-4-14(12)15/h1-8,15-16,20H,9-10,18H2,(H,19,21). The number of benzene rings is 2. The van der Waals surface area contributed by atoms with Gasteiger partial charge < -0.3 is 16.2 Å². The van der Waals surface area contributed by atoms with Crippen LogP contribution < -0.4 is 11.1 Å². The molecule has 1 amide bonds. The number of hydrogen-bond donors (Lipinski definition) is 3. The number of carbonyl (C=O) groups is 1. The third-order valence-corrected chi connectivity index (χ3v) is 3.96. The van der Waals surface area contributed by atoms with Gasteiger partial charge in [0, 0.05) is 12.2 Å².